The topological polar surface area (TPSA) is 69.6 Å². The van der Waals surface area contributed by atoms with E-state index in [1.807, 2.05) is 0 Å². The molecule has 0 spiro atoms. The molecule has 0 atom stereocenters. The number of benzene rings is 1. The van der Waals surface area contributed by atoms with Crippen LogP contribution in [0.15, 0.2) is 18.2 Å². The Morgan fingerprint density at radius 1 is 1.22 bits per heavy atom. The molecule has 1 saturated carbocycles. The number of carbonyl (C=O) groups excluding carboxylic acids is 1. The molecule has 1 aromatic rings. The highest BCUT2D eigenvalue weighted by molar-refractivity contribution is 5.97. The van der Waals surface area contributed by atoms with Crippen LogP contribution in [0.1, 0.15) is 43.0 Å². The summed E-state index contributed by atoms with van der Waals surface area (Å²) in [7, 11) is 0. The summed E-state index contributed by atoms with van der Waals surface area (Å²) in [5.41, 5.74) is 0.133. The molecule has 0 saturated heterocycles. The Kier molecular flexibility index (Phi) is 3.75. The molecule has 1 aliphatic carbocycles. The fraction of sp³-hybridized carbons (Fsp3) is 0.500. The number of para-hydroxylation sites is 1. The maximum Gasteiger partial charge on any atom is 0.255 e. The quantitative estimate of drug-likeness (QED) is 0.705. The monoisotopic (exact) mass is 249 g/mol. The third-order valence-corrected chi connectivity index (χ3v) is 3.61. The predicted octanol–water partition coefficient (Wildman–Crippen LogP) is 2.41. The van der Waals surface area contributed by atoms with Gasteiger partial charge < -0.3 is 15.5 Å². The SMILES string of the molecule is CC1CCC(NC(=O)c2cccc(O)c2O)CC1. The molecule has 3 N–H and O–H groups in total. The fourth-order valence-corrected chi connectivity index (χ4v) is 2.38. The second-order valence-electron chi connectivity index (χ2n) is 5.10. The molecule has 1 fully saturated rings. The van der Waals surface area contributed by atoms with E-state index >= 15 is 0 Å². The Morgan fingerprint density at radius 2 is 1.89 bits per heavy atom. The Labute approximate surface area is 107 Å². The molecule has 0 aromatic heterocycles. The average molecular weight is 249 g/mol. The van der Waals surface area contributed by atoms with E-state index in [9.17, 15) is 15.0 Å². The first kappa shape index (κ1) is 12.7. The van der Waals surface area contributed by atoms with Crippen LogP contribution in [-0.4, -0.2) is 22.2 Å². The second-order valence-corrected chi connectivity index (χ2v) is 5.10. The second kappa shape index (κ2) is 5.29. The minimum atomic E-state index is -0.348. The molecule has 4 heteroatoms. The molecule has 18 heavy (non-hydrogen) atoms. The van der Waals surface area contributed by atoms with Gasteiger partial charge >= 0.3 is 0 Å². The highest BCUT2D eigenvalue weighted by Gasteiger charge is 2.22. The minimum Gasteiger partial charge on any atom is -0.504 e. The average Bonchev–Trinajstić information content (AvgIpc) is 2.35. The van der Waals surface area contributed by atoms with Crippen LogP contribution in [0.3, 0.4) is 0 Å². The van der Waals surface area contributed by atoms with Crippen LogP contribution in [0, 0.1) is 5.92 Å². The van der Waals surface area contributed by atoms with Crippen molar-refractivity contribution in [1.82, 2.24) is 5.32 Å². The first-order valence-electron chi connectivity index (χ1n) is 6.39. The zero-order valence-corrected chi connectivity index (χ0v) is 10.5. The standard InChI is InChI=1S/C14H19NO3/c1-9-5-7-10(8-6-9)15-14(18)11-3-2-4-12(16)13(11)17/h2-4,9-10,16-17H,5-8H2,1H3,(H,15,18). The van der Waals surface area contributed by atoms with Crippen LogP contribution in [0.4, 0.5) is 0 Å². The number of hydrogen-bond donors (Lipinski definition) is 3. The lowest BCUT2D eigenvalue weighted by Gasteiger charge is -2.27. The summed E-state index contributed by atoms with van der Waals surface area (Å²) in [5, 5.41) is 21.9. The number of phenolic OH excluding ortho intramolecular Hbond substituents is 2. The maximum atomic E-state index is 12.0. The normalized spacial score (nSPS) is 23.6. The molecule has 0 unspecified atom stereocenters. The van der Waals surface area contributed by atoms with Gasteiger partial charge in [0, 0.05) is 6.04 Å². The third-order valence-electron chi connectivity index (χ3n) is 3.61. The van der Waals surface area contributed by atoms with Crippen molar-refractivity contribution in [2.24, 2.45) is 5.92 Å². The van der Waals surface area contributed by atoms with Crippen LogP contribution in [0.2, 0.25) is 0 Å². The van der Waals surface area contributed by atoms with Crippen molar-refractivity contribution in [2.45, 2.75) is 38.6 Å². The lowest BCUT2D eigenvalue weighted by molar-refractivity contribution is 0.0919. The Hall–Kier alpha value is -1.71. The lowest BCUT2D eigenvalue weighted by Crippen LogP contribution is -2.37. The van der Waals surface area contributed by atoms with Crippen LogP contribution < -0.4 is 5.32 Å². The van der Waals surface area contributed by atoms with Crippen molar-refractivity contribution >= 4 is 5.91 Å². The smallest absolute Gasteiger partial charge is 0.255 e. The summed E-state index contributed by atoms with van der Waals surface area (Å²) in [4.78, 5) is 12.0. The van der Waals surface area contributed by atoms with E-state index in [2.05, 4.69) is 12.2 Å². The van der Waals surface area contributed by atoms with Gasteiger partial charge in [-0.25, -0.2) is 0 Å². The zero-order valence-electron chi connectivity index (χ0n) is 10.5. The van der Waals surface area contributed by atoms with E-state index in [1.165, 1.54) is 12.1 Å². The molecule has 98 valence electrons. The van der Waals surface area contributed by atoms with Crippen molar-refractivity contribution < 1.29 is 15.0 Å². The first-order valence-corrected chi connectivity index (χ1v) is 6.39. The highest BCUT2D eigenvalue weighted by atomic mass is 16.3. The van der Waals surface area contributed by atoms with Gasteiger partial charge in [0.05, 0.1) is 5.56 Å². The van der Waals surface area contributed by atoms with Gasteiger partial charge in [0.25, 0.3) is 5.91 Å². The summed E-state index contributed by atoms with van der Waals surface area (Å²) >= 11 is 0. The van der Waals surface area contributed by atoms with Gasteiger partial charge in [-0.05, 0) is 43.7 Å². The van der Waals surface area contributed by atoms with E-state index in [-0.39, 0.29) is 29.0 Å². The number of carbonyl (C=O) groups is 1. The maximum absolute atomic E-state index is 12.0. The number of hydrogen-bond acceptors (Lipinski definition) is 3. The minimum absolute atomic E-state index is 0.133. The Morgan fingerprint density at radius 3 is 2.56 bits per heavy atom. The van der Waals surface area contributed by atoms with Crippen LogP contribution in [-0.2, 0) is 0 Å². The van der Waals surface area contributed by atoms with Crippen molar-refractivity contribution in [1.29, 1.82) is 0 Å². The highest BCUT2D eigenvalue weighted by Crippen LogP contribution is 2.29. The van der Waals surface area contributed by atoms with E-state index in [0.717, 1.165) is 31.6 Å². The summed E-state index contributed by atoms with van der Waals surface area (Å²) in [6.07, 6.45) is 4.20. The fourth-order valence-electron chi connectivity index (χ4n) is 2.38. The van der Waals surface area contributed by atoms with Crippen molar-refractivity contribution in [3.63, 3.8) is 0 Å². The van der Waals surface area contributed by atoms with Crippen molar-refractivity contribution in [3.8, 4) is 11.5 Å². The molecular weight excluding hydrogens is 230 g/mol. The van der Waals surface area contributed by atoms with Gasteiger partial charge in [0.2, 0.25) is 0 Å². The van der Waals surface area contributed by atoms with Gasteiger partial charge in [-0.3, -0.25) is 4.79 Å². The third kappa shape index (κ3) is 2.75. The van der Waals surface area contributed by atoms with Crippen molar-refractivity contribution in [3.05, 3.63) is 23.8 Å². The number of phenols is 2. The first-order chi connectivity index (χ1) is 8.58. The van der Waals surface area contributed by atoms with E-state index in [1.54, 1.807) is 6.07 Å². The molecule has 0 bridgehead atoms. The van der Waals surface area contributed by atoms with E-state index < -0.39 is 0 Å². The molecule has 1 aliphatic rings. The predicted molar refractivity (Wildman–Crippen MR) is 68.7 cm³/mol. The molecule has 1 amide bonds. The number of nitrogens with one attached hydrogen (secondary N) is 1. The summed E-state index contributed by atoms with van der Waals surface area (Å²) < 4.78 is 0. The van der Waals surface area contributed by atoms with Crippen molar-refractivity contribution in [2.75, 3.05) is 0 Å². The summed E-state index contributed by atoms with van der Waals surface area (Å²) in [5.74, 6) is -0.200. The Balaban J connectivity index is 2.01. The summed E-state index contributed by atoms with van der Waals surface area (Å²) in [6.45, 7) is 2.22. The molecule has 1 aromatic carbocycles. The number of amides is 1. The molecule has 0 aliphatic heterocycles. The molecule has 0 heterocycles. The van der Waals surface area contributed by atoms with Gasteiger partial charge in [0.15, 0.2) is 11.5 Å². The largest absolute Gasteiger partial charge is 0.504 e. The van der Waals surface area contributed by atoms with Gasteiger partial charge in [-0.15, -0.1) is 0 Å². The molecular formula is C14H19NO3. The Bertz CT molecular complexity index is 437. The molecule has 0 radical (unpaired) electrons. The van der Waals surface area contributed by atoms with Gasteiger partial charge in [0.1, 0.15) is 0 Å². The summed E-state index contributed by atoms with van der Waals surface area (Å²) in [6, 6.07) is 4.59. The van der Waals surface area contributed by atoms with E-state index in [4.69, 9.17) is 0 Å². The number of aromatic hydroxyl groups is 2. The lowest BCUT2D eigenvalue weighted by atomic mass is 9.87. The van der Waals surface area contributed by atoms with Crippen LogP contribution in [0.5, 0.6) is 11.5 Å². The van der Waals surface area contributed by atoms with Gasteiger partial charge in [-0.2, -0.15) is 0 Å². The number of rotatable bonds is 2. The van der Waals surface area contributed by atoms with E-state index in [0.29, 0.717) is 0 Å². The van der Waals surface area contributed by atoms with Gasteiger partial charge in [-0.1, -0.05) is 13.0 Å². The van der Waals surface area contributed by atoms with Crippen LogP contribution >= 0.6 is 0 Å². The zero-order chi connectivity index (χ0) is 13.1. The van der Waals surface area contributed by atoms with Crippen LogP contribution in [0.25, 0.3) is 0 Å². The molecule has 2 rings (SSSR count). The molecule has 4 nitrogen and oxygen atoms in total.